The molecule has 3 nitrogen and oxygen atoms in total. The number of hydrogen-bond acceptors (Lipinski definition) is 3. The largest absolute Gasteiger partial charge is 0.481 e. The Labute approximate surface area is 125 Å². The summed E-state index contributed by atoms with van der Waals surface area (Å²) < 4.78 is 1.10. The zero-order chi connectivity index (χ0) is 13.6. The minimum Gasteiger partial charge on any atom is -0.481 e. The molecule has 0 saturated heterocycles. The molecule has 2 saturated carbocycles. The SMILES string of the molecule is CC(NC1C2CCC(C2)C1C(=O)O)c1cc(Br)cs1. The Bertz CT molecular complexity index is 490. The number of thiophene rings is 1. The Hall–Kier alpha value is -0.390. The lowest BCUT2D eigenvalue weighted by Gasteiger charge is -2.31. The van der Waals surface area contributed by atoms with Gasteiger partial charge in [-0.1, -0.05) is 0 Å². The first-order valence-electron chi connectivity index (χ1n) is 6.79. The van der Waals surface area contributed by atoms with Crippen molar-refractivity contribution in [2.75, 3.05) is 0 Å². The standard InChI is InChI=1S/C14H18BrNO2S/c1-7(11-5-10(15)6-19-11)16-13-9-3-2-8(4-9)12(13)14(17)18/h5-9,12-13,16H,2-4H2,1H3,(H,17,18). The van der Waals surface area contributed by atoms with Crippen LogP contribution < -0.4 is 5.32 Å². The topological polar surface area (TPSA) is 49.3 Å². The molecule has 104 valence electrons. The predicted octanol–water partition coefficient (Wildman–Crippen LogP) is 3.66. The lowest BCUT2D eigenvalue weighted by Crippen LogP contribution is -2.45. The van der Waals surface area contributed by atoms with Gasteiger partial charge in [0, 0.05) is 26.8 Å². The average Bonchev–Trinajstić information content (AvgIpc) is 3.03. The van der Waals surface area contributed by atoms with Crippen LogP contribution in [0.3, 0.4) is 0 Å². The summed E-state index contributed by atoms with van der Waals surface area (Å²) in [6.45, 7) is 2.13. The quantitative estimate of drug-likeness (QED) is 0.876. The van der Waals surface area contributed by atoms with Crippen molar-refractivity contribution in [3.05, 3.63) is 20.8 Å². The summed E-state index contributed by atoms with van der Waals surface area (Å²) in [5.41, 5.74) is 0. The maximum atomic E-state index is 11.5. The fraction of sp³-hybridized carbons (Fsp3) is 0.643. The number of fused-ring (bicyclic) bond motifs is 2. The van der Waals surface area contributed by atoms with Crippen molar-refractivity contribution in [1.82, 2.24) is 5.32 Å². The van der Waals surface area contributed by atoms with E-state index in [1.165, 1.54) is 11.3 Å². The van der Waals surface area contributed by atoms with Crippen LogP contribution in [0.15, 0.2) is 15.9 Å². The molecule has 2 aliphatic carbocycles. The van der Waals surface area contributed by atoms with Crippen LogP contribution in [0.2, 0.25) is 0 Å². The average molecular weight is 344 g/mol. The maximum Gasteiger partial charge on any atom is 0.308 e. The Morgan fingerprint density at radius 1 is 1.53 bits per heavy atom. The van der Waals surface area contributed by atoms with Crippen molar-refractivity contribution in [2.45, 2.75) is 38.3 Å². The number of carbonyl (C=O) groups is 1. The van der Waals surface area contributed by atoms with Gasteiger partial charge in [0.2, 0.25) is 0 Å². The molecule has 2 fully saturated rings. The fourth-order valence-corrected chi connectivity index (χ4v) is 5.28. The highest BCUT2D eigenvalue weighted by Gasteiger charge is 2.51. The van der Waals surface area contributed by atoms with E-state index in [-0.39, 0.29) is 18.0 Å². The molecule has 0 radical (unpaired) electrons. The highest BCUT2D eigenvalue weighted by molar-refractivity contribution is 9.10. The summed E-state index contributed by atoms with van der Waals surface area (Å²) in [5.74, 6) is 0.132. The molecule has 1 heterocycles. The van der Waals surface area contributed by atoms with E-state index in [9.17, 15) is 9.90 Å². The molecule has 0 spiro atoms. The molecule has 5 heteroatoms. The Morgan fingerprint density at radius 3 is 2.89 bits per heavy atom. The molecule has 1 aromatic heterocycles. The molecule has 5 unspecified atom stereocenters. The minimum absolute atomic E-state index is 0.145. The minimum atomic E-state index is -0.621. The normalized spacial score (nSPS) is 34.6. The zero-order valence-corrected chi connectivity index (χ0v) is 13.2. The predicted molar refractivity (Wildman–Crippen MR) is 79.3 cm³/mol. The van der Waals surface area contributed by atoms with Gasteiger partial charge < -0.3 is 10.4 Å². The van der Waals surface area contributed by atoms with Crippen LogP contribution >= 0.6 is 27.3 Å². The van der Waals surface area contributed by atoms with Gasteiger partial charge in [-0.15, -0.1) is 11.3 Å². The van der Waals surface area contributed by atoms with Gasteiger partial charge in [-0.3, -0.25) is 4.79 Å². The van der Waals surface area contributed by atoms with Gasteiger partial charge in [0.25, 0.3) is 0 Å². The van der Waals surface area contributed by atoms with Crippen LogP contribution in [0.4, 0.5) is 0 Å². The van der Waals surface area contributed by atoms with Gasteiger partial charge in [0.05, 0.1) is 5.92 Å². The van der Waals surface area contributed by atoms with E-state index in [2.05, 4.69) is 39.6 Å². The number of nitrogens with one attached hydrogen (secondary N) is 1. The van der Waals surface area contributed by atoms with Crippen molar-refractivity contribution < 1.29 is 9.90 Å². The van der Waals surface area contributed by atoms with Gasteiger partial charge in [-0.2, -0.15) is 0 Å². The second-order valence-corrected chi connectivity index (χ2v) is 7.64. The zero-order valence-electron chi connectivity index (χ0n) is 10.8. The first-order valence-corrected chi connectivity index (χ1v) is 8.46. The highest BCUT2D eigenvalue weighted by atomic mass is 79.9. The van der Waals surface area contributed by atoms with Crippen LogP contribution in [0.25, 0.3) is 0 Å². The van der Waals surface area contributed by atoms with Gasteiger partial charge in [-0.05, 0) is 60.0 Å². The maximum absolute atomic E-state index is 11.5. The molecule has 0 aliphatic heterocycles. The van der Waals surface area contributed by atoms with E-state index in [1.54, 1.807) is 11.3 Å². The summed E-state index contributed by atoms with van der Waals surface area (Å²) in [7, 11) is 0. The van der Waals surface area contributed by atoms with E-state index in [0.717, 1.165) is 17.3 Å². The summed E-state index contributed by atoms with van der Waals surface area (Å²) in [6, 6.07) is 2.49. The molecular weight excluding hydrogens is 326 g/mol. The number of carboxylic acid groups (broad SMARTS) is 1. The summed E-state index contributed by atoms with van der Waals surface area (Å²) >= 11 is 5.18. The van der Waals surface area contributed by atoms with Crippen molar-refractivity contribution in [2.24, 2.45) is 17.8 Å². The molecule has 5 atom stereocenters. The van der Waals surface area contributed by atoms with Crippen LogP contribution in [0.5, 0.6) is 0 Å². The van der Waals surface area contributed by atoms with E-state index in [4.69, 9.17) is 0 Å². The molecule has 2 aliphatic rings. The van der Waals surface area contributed by atoms with E-state index in [1.807, 2.05) is 0 Å². The van der Waals surface area contributed by atoms with E-state index >= 15 is 0 Å². The summed E-state index contributed by atoms with van der Waals surface area (Å²) in [4.78, 5) is 12.7. The van der Waals surface area contributed by atoms with Gasteiger partial charge in [0.1, 0.15) is 0 Å². The Kier molecular flexibility index (Phi) is 3.71. The first kappa shape index (κ1) is 13.6. The lowest BCUT2D eigenvalue weighted by molar-refractivity contribution is -0.144. The first-order chi connectivity index (χ1) is 9.06. The number of rotatable bonds is 4. The number of hydrogen-bond donors (Lipinski definition) is 2. The molecule has 0 aromatic carbocycles. The second kappa shape index (κ2) is 5.19. The van der Waals surface area contributed by atoms with E-state index in [0.29, 0.717) is 11.8 Å². The molecule has 0 amide bonds. The molecule has 1 aromatic rings. The van der Waals surface area contributed by atoms with Gasteiger partial charge in [0.15, 0.2) is 0 Å². The van der Waals surface area contributed by atoms with Gasteiger partial charge >= 0.3 is 5.97 Å². The van der Waals surface area contributed by atoms with Crippen LogP contribution in [0.1, 0.15) is 37.1 Å². The van der Waals surface area contributed by atoms with Crippen molar-refractivity contribution >= 4 is 33.2 Å². The van der Waals surface area contributed by atoms with Crippen LogP contribution in [0, 0.1) is 17.8 Å². The van der Waals surface area contributed by atoms with E-state index < -0.39 is 5.97 Å². The van der Waals surface area contributed by atoms with Crippen LogP contribution in [-0.4, -0.2) is 17.1 Å². The molecule has 2 bridgehead atoms. The summed E-state index contributed by atoms with van der Waals surface area (Å²) in [6.07, 6.45) is 3.38. The summed E-state index contributed by atoms with van der Waals surface area (Å²) in [5, 5.41) is 15.1. The third-order valence-electron chi connectivity index (χ3n) is 4.66. The highest BCUT2D eigenvalue weighted by Crippen LogP contribution is 2.49. The third kappa shape index (κ3) is 2.48. The molecule has 19 heavy (non-hydrogen) atoms. The van der Waals surface area contributed by atoms with Crippen molar-refractivity contribution in [3.63, 3.8) is 0 Å². The monoisotopic (exact) mass is 343 g/mol. The molecule has 2 N–H and O–H groups in total. The molecule has 3 rings (SSSR count). The number of aliphatic carboxylic acids is 1. The number of halogens is 1. The lowest BCUT2D eigenvalue weighted by atomic mass is 9.84. The smallest absolute Gasteiger partial charge is 0.308 e. The van der Waals surface area contributed by atoms with Crippen LogP contribution in [-0.2, 0) is 4.79 Å². The van der Waals surface area contributed by atoms with Crippen molar-refractivity contribution in [3.8, 4) is 0 Å². The Balaban J connectivity index is 1.73. The Morgan fingerprint density at radius 2 is 2.26 bits per heavy atom. The number of carboxylic acids is 1. The molecular formula is C14H18BrNO2S. The van der Waals surface area contributed by atoms with Gasteiger partial charge in [-0.25, -0.2) is 0 Å². The third-order valence-corrected chi connectivity index (χ3v) is 6.53. The fourth-order valence-electron chi connectivity index (χ4n) is 3.81. The second-order valence-electron chi connectivity index (χ2n) is 5.78. The van der Waals surface area contributed by atoms with Crippen molar-refractivity contribution in [1.29, 1.82) is 0 Å².